The molecule has 4 rings (SSSR count). The number of rotatable bonds is 5. The number of ether oxygens (including phenoxy) is 2. The van der Waals surface area contributed by atoms with Crippen LogP contribution in [0.1, 0.15) is 12.3 Å². The van der Waals surface area contributed by atoms with Crippen LogP contribution in [0.5, 0.6) is 11.5 Å². The standard InChI is InChI=1S/C18H13F2N3O4/c19-18(20)26-13-7-6-12(10-14(13)27-18)21-15(24)8-9-16-22-23-17(25-16)11-4-2-1-3-5-11/h1-7,10H,8-9H2,(H,21,24). The van der Waals surface area contributed by atoms with Gasteiger partial charge in [-0.2, -0.15) is 0 Å². The van der Waals surface area contributed by atoms with E-state index in [4.69, 9.17) is 4.42 Å². The average Bonchev–Trinajstić information content (AvgIpc) is 3.23. The van der Waals surface area contributed by atoms with Crippen molar-refractivity contribution in [1.82, 2.24) is 10.2 Å². The van der Waals surface area contributed by atoms with Gasteiger partial charge >= 0.3 is 6.29 Å². The van der Waals surface area contributed by atoms with E-state index >= 15 is 0 Å². The zero-order chi connectivity index (χ0) is 18.9. The fraction of sp³-hybridized carbons (Fsp3) is 0.167. The Kier molecular flexibility index (Phi) is 4.19. The Labute approximate surface area is 151 Å². The summed E-state index contributed by atoms with van der Waals surface area (Å²) in [4.78, 5) is 12.1. The molecule has 0 saturated carbocycles. The number of amides is 1. The van der Waals surface area contributed by atoms with Crippen molar-refractivity contribution in [3.8, 4) is 23.0 Å². The second-order valence-corrected chi connectivity index (χ2v) is 5.74. The molecule has 1 amide bonds. The summed E-state index contributed by atoms with van der Waals surface area (Å²) in [5.41, 5.74) is 1.11. The van der Waals surface area contributed by atoms with Gasteiger partial charge in [-0.15, -0.1) is 19.0 Å². The van der Waals surface area contributed by atoms with Gasteiger partial charge in [-0.3, -0.25) is 4.79 Å². The van der Waals surface area contributed by atoms with Crippen LogP contribution >= 0.6 is 0 Å². The van der Waals surface area contributed by atoms with Crippen molar-refractivity contribution in [2.75, 3.05) is 5.32 Å². The van der Waals surface area contributed by atoms with Gasteiger partial charge in [-0.1, -0.05) is 18.2 Å². The van der Waals surface area contributed by atoms with E-state index < -0.39 is 6.29 Å². The monoisotopic (exact) mass is 373 g/mol. The lowest BCUT2D eigenvalue weighted by Gasteiger charge is -2.05. The predicted octanol–water partition coefficient (Wildman–Crippen LogP) is 3.63. The third kappa shape index (κ3) is 3.86. The molecular weight excluding hydrogens is 360 g/mol. The molecule has 0 atom stereocenters. The van der Waals surface area contributed by atoms with Gasteiger partial charge in [0.15, 0.2) is 11.5 Å². The number of benzene rings is 2. The smallest absolute Gasteiger partial charge is 0.421 e. The van der Waals surface area contributed by atoms with Gasteiger partial charge in [0.25, 0.3) is 0 Å². The number of aromatic nitrogens is 2. The van der Waals surface area contributed by atoms with Crippen LogP contribution in [0.15, 0.2) is 52.9 Å². The van der Waals surface area contributed by atoms with Crippen molar-refractivity contribution in [3.05, 3.63) is 54.4 Å². The van der Waals surface area contributed by atoms with Crippen LogP contribution in [0.3, 0.4) is 0 Å². The van der Waals surface area contributed by atoms with Gasteiger partial charge in [0.05, 0.1) is 0 Å². The van der Waals surface area contributed by atoms with Gasteiger partial charge < -0.3 is 19.2 Å². The van der Waals surface area contributed by atoms with Crippen molar-refractivity contribution in [1.29, 1.82) is 0 Å². The number of nitrogens with zero attached hydrogens (tertiary/aromatic N) is 2. The summed E-state index contributed by atoms with van der Waals surface area (Å²) in [5.74, 6) is 0.150. The molecule has 0 unspecified atom stereocenters. The number of anilines is 1. The number of carbonyl (C=O) groups excluding carboxylic acids is 1. The Hall–Kier alpha value is -3.49. The quantitative estimate of drug-likeness (QED) is 0.735. The van der Waals surface area contributed by atoms with Crippen LogP contribution in [0.4, 0.5) is 14.5 Å². The largest absolute Gasteiger partial charge is 0.586 e. The molecule has 2 heterocycles. The minimum absolute atomic E-state index is 0.0843. The molecule has 9 heteroatoms. The summed E-state index contributed by atoms with van der Waals surface area (Å²) in [7, 11) is 0. The van der Waals surface area contributed by atoms with Crippen molar-refractivity contribution >= 4 is 11.6 Å². The third-order valence-corrected chi connectivity index (χ3v) is 3.74. The van der Waals surface area contributed by atoms with Gasteiger partial charge in [0, 0.05) is 30.2 Å². The van der Waals surface area contributed by atoms with Crippen molar-refractivity contribution in [2.45, 2.75) is 19.1 Å². The third-order valence-electron chi connectivity index (χ3n) is 3.74. The summed E-state index contributed by atoms with van der Waals surface area (Å²) >= 11 is 0. The van der Waals surface area contributed by atoms with Crippen LogP contribution in [0, 0.1) is 0 Å². The molecule has 0 fully saturated rings. The molecule has 1 N–H and O–H groups in total. The fourth-order valence-electron chi connectivity index (χ4n) is 2.52. The number of alkyl halides is 2. The summed E-state index contributed by atoms with van der Waals surface area (Å²) in [5, 5.41) is 10.5. The average molecular weight is 373 g/mol. The van der Waals surface area contributed by atoms with Crippen LogP contribution < -0.4 is 14.8 Å². The highest BCUT2D eigenvalue weighted by Gasteiger charge is 2.43. The SMILES string of the molecule is O=C(CCc1nnc(-c2ccccc2)o1)Nc1ccc2c(c1)OC(F)(F)O2. The van der Waals surface area contributed by atoms with Crippen LogP contribution in [0.2, 0.25) is 0 Å². The van der Waals surface area contributed by atoms with Crippen LogP contribution in [-0.4, -0.2) is 22.4 Å². The number of halogens is 2. The molecular formula is C18H13F2N3O4. The van der Waals surface area contributed by atoms with Crippen molar-refractivity contribution < 1.29 is 27.5 Å². The summed E-state index contributed by atoms with van der Waals surface area (Å²) < 4.78 is 40.2. The summed E-state index contributed by atoms with van der Waals surface area (Å²) in [6, 6.07) is 13.3. The van der Waals surface area contributed by atoms with Crippen molar-refractivity contribution in [3.63, 3.8) is 0 Å². The molecule has 1 aromatic heterocycles. The van der Waals surface area contributed by atoms with Gasteiger partial charge in [-0.25, -0.2) is 0 Å². The number of nitrogens with one attached hydrogen (secondary N) is 1. The predicted molar refractivity (Wildman–Crippen MR) is 89.3 cm³/mol. The highest BCUT2D eigenvalue weighted by Crippen LogP contribution is 2.42. The zero-order valence-electron chi connectivity index (χ0n) is 13.8. The first-order chi connectivity index (χ1) is 13.0. The Morgan fingerprint density at radius 1 is 1.04 bits per heavy atom. The van der Waals surface area contributed by atoms with E-state index in [-0.39, 0.29) is 30.2 Å². The summed E-state index contributed by atoms with van der Waals surface area (Å²) in [6.07, 6.45) is -3.37. The molecule has 1 aliphatic heterocycles. The molecule has 0 bridgehead atoms. The van der Waals surface area contributed by atoms with E-state index in [0.29, 0.717) is 17.5 Å². The topological polar surface area (TPSA) is 86.5 Å². The van der Waals surface area contributed by atoms with Crippen LogP contribution in [0.25, 0.3) is 11.5 Å². The Morgan fingerprint density at radius 3 is 2.63 bits per heavy atom. The second kappa shape index (κ2) is 6.67. The maximum Gasteiger partial charge on any atom is 0.586 e. The molecule has 138 valence electrons. The lowest BCUT2D eigenvalue weighted by molar-refractivity contribution is -0.286. The molecule has 27 heavy (non-hydrogen) atoms. The highest BCUT2D eigenvalue weighted by atomic mass is 19.3. The first-order valence-electron chi connectivity index (χ1n) is 8.06. The first kappa shape index (κ1) is 17.0. The maximum atomic E-state index is 13.0. The van der Waals surface area contributed by atoms with E-state index in [2.05, 4.69) is 25.0 Å². The Bertz CT molecular complexity index is 976. The number of hydrogen-bond acceptors (Lipinski definition) is 6. The first-order valence-corrected chi connectivity index (χ1v) is 8.06. The number of fused-ring (bicyclic) bond motifs is 1. The van der Waals surface area contributed by atoms with Gasteiger partial charge in [-0.05, 0) is 24.3 Å². The molecule has 0 saturated heterocycles. The Morgan fingerprint density at radius 2 is 1.81 bits per heavy atom. The lowest BCUT2D eigenvalue weighted by atomic mass is 10.2. The molecule has 2 aromatic carbocycles. The minimum atomic E-state index is -3.70. The van der Waals surface area contributed by atoms with Gasteiger partial charge in [0.1, 0.15) is 0 Å². The van der Waals surface area contributed by atoms with Crippen LogP contribution in [-0.2, 0) is 11.2 Å². The molecule has 0 spiro atoms. The minimum Gasteiger partial charge on any atom is -0.421 e. The highest BCUT2D eigenvalue weighted by molar-refractivity contribution is 5.91. The molecule has 0 radical (unpaired) electrons. The van der Waals surface area contributed by atoms with E-state index in [1.165, 1.54) is 18.2 Å². The van der Waals surface area contributed by atoms with E-state index in [1.54, 1.807) is 0 Å². The van der Waals surface area contributed by atoms with E-state index in [9.17, 15) is 13.6 Å². The zero-order valence-corrected chi connectivity index (χ0v) is 13.8. The number of carbonyl (C=O) groups is 1. The number of aryl methyl sites for hydroxylation is 1. The maximum absolute atomic E-state index is 13.0. The van der Waals surface area contributed by atoms with E-state index in [1.807, 2.05) is 30.3 Å². The Balaban J connectivity index is 1.34. The molecule has 7 nitrogen and oxygen atoms in total. The van der Waals surface area contributed by atoms with E-state index in [0.717, 1.165) is 5.56 Å². The normalized spacial score (nSPS) is 14.1. The fourth-order valence-corrected chi connectivity index (χ4v) is 2.52. The molecule has 1 aliphatic rings. The van der Waals surface area contributed by atoms with Crippen molar-refractivity contribution in [2.24, 2.45) is 0 Å². The lowest BCUT2D eigenvalue weighted by Crippen LogP contribution is -2.25. The molecule has 0 aliphatic carbocycles. The van der Waals surface area contributed by atoms with Gasteiger partial charge in [0.2, 0.25) is 17.7 Å². The molecule has 3 aromatic rings. The number of hydrogen-bond donors (Lipinski definition) is 1. The second-order valence-electron chi connectivity index (χ2n) is 5.74. The summed E-state index contributed by atoms with van der Waals surface area (Å²) in [6.45, 7) is 0.